The molecule has 0 unspecified atom stereocenters. The summed E-state index contributed by atoms with van der Waals surface area (Å²) >= 11 is 0. The lowest BCUT2D eigenvalue weighted by molar-refractivity contribution is -0.183. The highest BCUT2D eigenvalue weighted by Gasteiger charge is 2.67. The third-order valence-electron chi connectivity index (χ3n) is 9.22. The van der Waals surface area contributed by atoms with E-state index in [2.05, 4.69) is 6.92 Å². The summed E-state index contributed by atoms with van der Waals surface area (Å²) in [6.45, 7) is 2.54. The zero-order valence-corrected chi connectivity index (χ0v) is 16.5. The number of aliphatic hydroxyl groups excluding tert-OH is 1. The molecular weight excluding hydrogens is 356 g/mol. The van der Waals surface area contributed by atoms with Crippen LogP contribution in [0.5, 0.6) is 0 Å². The van der Waals surface area contributed by atoms with Gasteiger partial charge in [0.15, 0.2) is 0 Å². The summed E-state index contributed by atoms with van der Waals surface area (Å²) in [4.78, 5) is 24.0. The Morgan fingerprint density at radius 3 is 2.68 bits per heavy atom. The maximum Gasteiger partial charge on any atom is 0.331 e. The van der Waals surface area contributed by atoms with Crippen LogP contribution in [0.4, 0.5) is 0 Å². The number of hydrogen-bond donors (Lipinski definition) is 2. The second kappa shape index (κ2) is 6.02. The number of rotatable bonds is 2. The van der Waals surface area contributed by atoms with Crippen molar-refractivity contribution in [2.45, 2.75) is 70.0 Å². The van der Waals surface area contributed by atoms with Crippen LogP contribution in [-0.4, -0.2) is 40.8 Å². The minimum Gasteiger partial charge on any atom is -0.458 e. The smallest absolute Gasteiger partial charge is 0.331 e. The molecule has 5 aliphatic rings. The number of cyclic esters (lactones) is 1. The lowest BCUT2D eigenvalue weighted by Crippen LogP contribution is -2.61. The average Bonchev–Trinajstić information content (AvgIpc) is 3.22. The summed E-state index contributed by atoms with van der Waals surface area (Å²) in [6, 6.07) is 0. The van der Waals surface area contributed by atoms with Crippen molar-refractivity contribution in [3.63, 3.8) is 0 Å². The van der Waals surface area contributed by atoms with E-state index in [0.717, 1.165) is 56.0 Å². The molecule has 5 heteroatoms. The van der Waals surface area contributed by atoms with Gasteiger partial charge in [0.1, 0.15) is 12.9 Å². The molecule has 28 heavy (non-hydrogen) atoms. The van der Waals surface area contributed by atoms with Gasteiger partial charge < -0.3 is 19.7 Å². The molecule has 0 saturated heterocycles. The summed E-state index contributed by atoms with van der Waals surface area (Å²) in [5.41, 5.74) is 0.520. The van der Waals surface area contributed by atoms with Crippen molar-refractivity contribution in [2.24, 2.45) is 28.6 Å². The van der Waals surface area contributed by atoms with Crippen LogP contribution in [0, 0.1) is 28.6 Å². The van der Waals surface area contributed by atoms with E-state index >= 15 is 0 Å². The second-order valence-corrected chi connectivity index (χ2v) is 10.0. The van der Waals surface area contributed by atoms with Crippen LogP contribution in [-0.2, 0) is 14.3 Å². The van der Waals surface area contributed by atoms with Gasteiger partial charge in [-0.3, -0.25) is 0 Å². The molecule has 4 aliphatic carbocycles. The Kier molecular flexibility index (Phi) is 3.99. The van der Waals surface area contributed by atoms with Crippen LogP contribution in [0.25, 0.3) is 0 Å². The van der Waals surface area contributed by atoms with E-state index in [1.54, 1.807) is 6.08 Å². The molecule has 7 atom stereocenters. The molecule has 3 saturated carbocycles. The topological polar surface area (TPSA) is 83.8 Å². The molecule has 3 fully saturated rings. The second-order valence-electron chi connectivity index (χ2n) is 10.0. The summed E-state index contributed by atoms with van der Waals surface area (Å²) in [6.07, 6.45) is 10.5. The molecule has 0 spiro atoms. The highest BCUT2D eigenvalue weighted by molar-refractivity contribution is 5.85. The van der Waals surface area contributed by atoms with E-state index in [4.69, 9.17) is 4.74 Å². The Labute approximate surface area is 165 Å². The molecule has 1 aliphatic heterocycles. The lowest BCUT2D eigenvalue weighted by Gasteiger charge is -2.61. The number of fused-ring (bicyclic) bond motifs is 5. The van der Waals surface area contributed by atoms with Gasteiger partial charge in [-0.2, -0.15) is 0 Å². The summed E-state index contributed by atoms with van der Waals surface area (Å²) < 4.78 is 5.17. The SMILES string of the molecule is C[C@]12CC[C@@H]3[C@H](CCC4=C[C@H](O)CC[C@@]43C=O)[C@@]1(O)CC[C@H]2C1=CC(=O)OC1. The molecular formula is C23H30O5. The molecule has 0 aromatic carbocycles. The summed E-state index contributed by atoms with van der Waals surface area (Å²) in [7, 11) is 0. The van der Waals surface area contributed by atoms with Crippen molar-refractivity contribution in [3.8, 4) is 0 Å². The molecule has 0 aromatic heterocycles. The highest BCUT2D eigenvalue weighted by Crippen LogP contribution is 2.69. The molecule has 0 aromatic rings. The molecule has 5 rings (SSSR count). The van der Waals surface area contributed by atoms with Gasteiger partial charge in [0, 0.05) is 11.5 Å². The van der Waals surface area contributed by atoms with Gasteiger partial charge in [-0.05, 0) is 74.7 Å². The van der Waals surface area contributed by atoms with Crippen molar-refractivity contribution in [1.82, 2.24) is 0 Å². The lowest BCUT2D eigenvalue weighted by atomic mass is 9.45. The third kappa shape index (κ3) is 2.20. The van der Waals surface area contributed by atoms with Crippen LogP contribution in [0.15, 0.2) is 23.3 Å². The van der Waals surface area contributed by atoms with E-state index in [1.165, 1.54) is 0 Å². The van der Waals surface area contributed by atoms with Crippen molar-refractivity contribution in [3.05, 3.63) is 23.3 Å². The summed E-state index contributed by atoms with van der Waals surface area (Å²) in [5, 5.41) is 22.2. The van der Waals surface area contributed by atoms with Gasteiger partial charge in [-0.1, -0.05) is 18.6 Å². The van der Waals surface area contributed by atoms with Crippen LogP contribution in [0.3, 0.4) is 0 Å². The first-order valence-electron chi connectivity index (χ1n) is 10.8. The fourth-order valence-electron chi connectivity index (χ4n) is 7.79. The maximum absolute atomic E-state index is 12.4. The van der Waals surface area contributed by atoms with Crippen molar-refractivity contribution < 1.29 is 24.5 Å². The highest BCUT2D eigenvalue weighted by atomic mass is 16.5. The van der Waals surface area contributed by atoms with Crippen LogP contribution >= 0.6 is 0 Å². The maximum atomic E-state index is 12.4. The first-order valence-corrected chi connectivity index (χ1v) is 10.8. The third-order valence-corrected chi connectivity index (χ3v) is 9.22. The minimum absolute atomic E-state index is 0.0902. The monoisotopic (exact) mass is 386 g/mol. The fourth-order valence-corrected chi connectivity index (χ4v) is 7.79. The number of aldehydes is 1. The standard InChI is InChI=1S/C23H30O5/c1-21-7-5-18-19(3-2-15-11-16(25)4-8-22(15,18)13-24)23(21,27)9-6-17(21)14-10-20(26)28-12-14/h10-11,13,16-19,25,27H,2-9,12H2,1H3/t16-,17+,18-,19+,21-,22-,23+/m1/s1. The van der Waals surface area contributed by atoms with Gasteiger partial charge in [0.05, 0.1) is 17.1 Å². The van der Waals surface area contributed by atoms with Crippen molar-refractivity contribution in [1.29, 1.82) is 0 Å². The normalized spacial score (nSPS) is 50.0. The predicted octanol–water partition coefficient (Wildman–Crippen LogP) is 2.70. The molecule has 0 radical (unpaired) electrons. The molecule has 0 bridgehead atoms. The number of hydrogen-bond acceptors (Lipinski definition) is 5. The fraction of sp³-hybridized carbons (Fsp3) is 0.739. The van der Waals surface area contributed by atoms with Gasteiger partial charge in [-0.15, -0.1) is 0 Å². The molecule has 0 amide bonds. The Hall–Kier alpha value is -1.46. The zero-order valence-electron chi connectivity index (χ0n) is 16.5. The number of ether oxygens (including phenoxy) is 1. The van der Waals surface area contributed by atoms with Gasteiger partial charge in [-0.25, -0.2) is 4.79 Å². The van der Waals surface area contributed by atoms with E-state index in [9.17, 15) is 19.8 Å². The van der Waals surface area contributed by atoms with Gasteiger partial charge >= 0.3 is 5.97 Å². The van der Waals surface area contributed by atoms with Crippen LogP contribution in [0.1, 0.15) is 58.3 Å². The minimum atomic E-state index is -0.815. The van der Waals surface area contributed by atoms with Gasteiger partial charge in [0.2, 0.25) is 0 Å². The number of carbonyl (C=O) groups is 2. The molecule has 2 N–H and O–H groups in total. The van der Waals surface area contributed by atoms with E-state index in [-0.39, 0.29) is 29.1 Å². The average molecular weight is 386 g/mol. The first-order chi connectivity index (χ1) is 13.3. The van der Waals surface area contributed by atoms with Crippen molar-refractivity contribution >= 4 is 12.3 Å². The Bertz CT molecular complexity index is 784. The Morgan fingerprint density at radius 1 is 1.14 bits per heavy atom. The quantitative estimate of drug-likeness (QED) is 0.433. The summed E-state index contributed by atoms with van der Waals surface area (Å²) in [5.74, 6) is 0.135. The Morgan fingerprint density at radius 2 is 1.96 bits per heavy atom. The number of allylic oxidation sites excluding steroid dienone is 1. The van der Waals surface area contributed by atoms with E-state index in [1.807, 2.05) is 6.08 Å². The number of aliphatic hydroxyl groups is 2. The molecule has 1 heterocycles. The van der Waals surface area contributed by atoms with Crippen LogP contribution < -0.4 is 0 Å². The largest absolute Gasteiger partial charge is 0.458 e. The van der Waals surface area contributed by atoms with E-state index in [0.29, 0.717) is 19.4 Å². The van der Waals surface area contributed by atoms with Crippen molar-refractivity contribution in [2.75, 3.05) is 6.61 Å². The molecule has 5 nitrogen and oxygen atoms in total. The van der Waals surface area contributed by atoms with Crippen LogP contribution in [0.2, 0.25) is 0 Å². The predicted molar refractivity (Wildman–Crippen MR) is 102 cm³/mol. The van der Waals surface area contributed by atoms with Gasteiger partial charge in [0.25, 0.3) is 0 Å². The first kappa shape index (κ1) is 18.6. The molecule has 152 valence electrons. The van der Waals surface area contributed by atoms with E-state index < -0.39 is 17.1 Å². The zero-order chi connectivity index (χ0) is 19.7. The Balaban J connectivity index is 1.52. The number of carbonyl (C=O) groups excluding carboxylic acids is 2. The number of esters is 1.